The van der Waals surface area contributed by atoms with Crippen molar-refractivity contribution in [2.45, 2.75) is 32.2 Å². The molecule has 1 fully saturated rings. The normalized spacial score (nSPS) is 14.8. The fraction of sp³-hybridized carbons (Fsp3) is 0.318. The van der Waals surface area contributed by atoms with Crippen LogP contribution in [0.3, 0.4) is 0 Å². The van der Waals surface area contributed by atoms with Crippen molar-refractivity contribution < 1.29 is 9.84 Å². The van der Waals surface area contributed by atoms with Crippen LogP contribution in [0.1, 0.15) is 31.2 Å². The molecule has 1 aromatic heterocycles. The van der Waals surface area contributed by atoms with Gasteiger partial charge in [-0.1, -0.05) is 36.0 Å². The number of benzene rings is 2. The standard InChI is InChI=1S/C22H22Cl2N4O4/c23-17-10-15(28-22(31)26-20(30)12-25-28)11-18(24)21(17)32-16-5-6-19(29)14(9-16)13-27-7-3-1-2-4-8-27/h5-6,9-12,29H,1-4,7-8,13H2,(H,26,30,31). The van der Waals surface area contributed by atoms with Crippen LogP contribution in [-0.4, -0.2) is 37.9 Å². The van der Waals surface area contributed by atoms with Gasteiger partial charge >= 0.3 is 5.69 Å². The number of ether oxygens (including phenoxy) is 1. The Hall–Kier alpha value is -2.81. The van der Waals surface area contributed by atoms with E-state index in [-0.39, 0.29) is 27.2 Å². The van der Waals surface area contributed by atoms with Gasteiger partial charge in [0.05, 0.1) is 15.7 Å². The third kappa shape index (κ3) is 5.15. The maximum Gasteiger partial charge on any atom is 0.349 e. The molecule has 0 bridgehead atoms. The summed E-state index contributed by atoms with van der Waals surface area (Å²) in [5.74, 6) is 0.891. The number of aromatic nitrogens is 3. The van der Waals surface area contributed by atoms with Gasteiger partial charge < -0.3 is 9.84 Å². The lowest BCUT2D eigenvalue weighted by Crippen LogP contribution is -2.30. The number of phenolic OH excluding ortho intramolecular Hbond substituents is 1. The summed E-state index contributed by atoms with van der Waals surface area (Å²) in [5, 5.41) is 14.4. The van der Waals surface area contributed by atoms with Gasteiger partial charge in [0, 0.05) is 12.1 Å². The summed E-state index contributed by atoms with van der Waals surface area (Å²) in [6.07, 6.45) is 5.76. The predicted octanol–water partition coefficient (Wildman–Crippen LogP) is 4.10. The second-order valence-electron chi connectivity index (χ2n) is 7.67. The summed E-state index contributed by atoms with van der Waals surface area (Å²) < 4.78 is 6.91. The first-order chi connectivity index (χ1) is 15.4. The molecule has 0 saturated carbocycles. The van der Waals surface area contributed by atoms with Crippen molar-refractivity contribution in [2.75, 3.05) is 13.1 Å². The van der Waals surface area contributed by atoms with Crippen LogP contribution in [-0.2, 0) is 6.54 Å². The quantitative estimate of drug-likeness (QED) is 0.574. The second-order valence-corrected chi connectivity index (χ2v) is 8.49. The topological polar surface area (TPSA) is 100 Å². The lowest BCUT2D eigenvalue weighted by molar-refractivity contribution is 0.272. The Balaban J connectivity index is 1.58. The van der Waals surface area contributed by atoms with Crippen molar-refractivity contribution in [3.63, 3.8) is 0 Å². The van der Waals surface area contributed by atoms with E-state index in [4.69, 9.17) is 27.9 Å². The molecule has 1 aliphatic rings. The number of nitrogens with one attached hydrogen (secondary N) is 1. The molecule has 0 unspecified atom stereocenters. The van der Waals surface area contributed by atoms with Crippen molar-refractivity contribution in [1.29, 1.82) is 0 Å². The number of likely N-dealkylation sites (tertiary alicyclic amines) is 1. The zero-order chi connectivity index (χ0) is 22.7. The fourth-order valence-electron chi connectivity index (χ4n) is 3.71. The lowest BCUT2D eigenvalue weighted by Gasteiger charge is -2.21. The van der Waals surface area contributed by atoms with E-state index in [1.807, 2.05) is 0 Å². The van der Waals surface area contributed by atoms with Crippen molar-refractivity contribution >= 4 is 23.2 Å². The van der Waals surface area contributed by atoms with E-state index in [9.17, 15) is 14.7 Å². The monoisotopic (exact) mass is 476 g/mol. The van der Waals surface area contributed by atoms with Gasteiger partial charge in [0.1, 0.15) is 17.7 Å². The van der Waals surface area contributed by atoms with Crippen molar-refractivity contribution in [2.24, 2.45) is 0 Å². The molecule has 2 N–H and O–H groups in total. The average molecular weight is 477 g/mol. The minimum Gasteiger partial charge on any atom is -0.508 e. The molecule has 1 aliphatic heterocycles. The molecule has 10 heteroatoms. The molecule has 32 heavy (non-hydrogen) atoms. The number of H-pyrrole nitrogens is 1. The number of hydrogen-bond donors (Lipinski definition) is 2. The molecule has 0 aliphatic carbocycles. The summed E-state index contributed by atoms with van der Waals surface area (Å²) in [6.45, 7) is 2.63. The highest BCUT2D eigenvalue weighted by Crippen LogP contribution is 2.39. The third-order valence-corrected chi connectivity index (χ3v) is 5.87. The zero-order valence-electron chi connectivity index (χ0n) is 17.2. The average Bonchev–Trinajstić information content (AvgIpc) is 3.01. The van der Waals surface area contributed by atoms with Gasteiger partial charge in [-0.15, -0.1) is 0 Å². The molecule has 0 spiro atoms. The van der Waals surface area contributed by atoms with Crippen LogP contribution in [0.4, 0.5) is 0 Å². The summed E-state index contributed by atoms with van der Waals surface area (Å²) in [4.78, 5) is 27.7. The lowest BCUT2D eigenvalue weighted by atomic mass is 10.1. The predicted molar refractivity (Wildman–Crippen MR) is 122 cm³/mol. The second kappa shape index (κ2) is 9.77. The molecule has 2 heterocycles. The van der Waals surface area contributed by atoms with E-state index in [2.05, 4.69) is 15.0 Å². The third-order valence-electron chi connectivity index (χ3n) is 5.30. The number of halogens is 2. The molecule has 8 nitrogen and oxygen atoms in total. The summed E-state index contributed by atoms with van der Waals surface area (Å²) in [5.41, 5.74) is -0.278. The van der Waals surface area contributed by atoms with Gasteiger partial charge in [-0.3, -0.25) is 14.7 Å². The molecule has 4 rings (SSSR count). The first-order valence-electron chi connectivity index (χ1n) is 10.3. The first-order valence-corrected chi connectivity index (χ1v) is 11.1. The molecule has 1 saturated heterocycles. The highest BCUT2D eigenvalue weighted by molar-refractivity contribution is 6.37. The minimum absolute atomic E-state index is 0.162. The van der Waals surface area contributed by atoms with Crippen LogP contribution in [0.15, 0.2) is 46.1 Å². The van der Waals surface area contributed by atoms with Gasteiger partial charge in [0.15, 0.2) is 5.75 Å². The maximum atomic E-state index is 12.0. The Kier molecular flexibility index (Phi) is 6.83. The molecule has 0 amide bonds. The number of hydrogen-bond acceptors (Lipinski definition) is 6. The Labute approximate surface area is 194 Å². The Morgan fingerprint density at radius 2 is 1.72 bits per heavy atom. The van der Waals surface area contributed by atoms with Crippen LogP contribution in [0.5, 0.6) is 17.2 Å². The van der Waals surface area contributed by atoms with Crippen LogP contribution >= 0.6 is 23.2 Å². The van der Waals surface area contributed by atoms with E-state index in [0.29, 0.717) is 12.3 Å². The zero-order valence-corrected chi connectivity index (χ0v) is 18.7. The van der Waals surface area contributed by atoms with Gasteiger partial charge in [-0.2, -0.15) is 9.78 Å². The number of phenols is 1. The number of aromatic amines is 1. The van der Waals surface area contributed by atoms with Gasteiger partial charge in [0.2, 0.25) is 0 Å². The Morgan fingerprint density at radius 3 is 2.38 bits per heavy atom. The van der Waals surface area contributed by atoms with Gasteiger partial charge in [-0.05, 0) is 56.3 Å². The Morgan fingerprint density at radius 1 is 1.03 bits per heavy atom. The smallest absolute Gasteiger partial charge is 0.349 e. The van der Waals surface area contributed by atoms with E-state index in [0.717, 1.165) is 42.4 Å². The molecule has 2 aromatic carbocycles. The maximum absolute atomic E-state index is 12.0. The SMILES string of the molecule is O=c1cnn(-c2cc(Cl)c(Oc3ccc(O)c(CN4CCCCCC4)c3)c(Cl)c2)c(=O)[nH]1. The minimum atomic E-state index is -0.713. The molecular weight excluding hydrogens is 455 g/mol. The van der Waals surface area contributed by atoms with Crippen LogP contribution in [0.25, 0.3) is 5.69 Å². The fourth-order valence-corrected chi connectivity index (χ4v) is 4.26. The van der Waals surface area contributed by atoms with Crippen molar-refractivity contribution in [1.82, 2.24) is 19.7 Å². The van der Waals surface area contributed by atoms with Gasteiger partial charge in [-0.25, -0.2) is 4.79 Å². The van der Waals surface area contributed by atoms with E-state index < -0.39 is 11.2 Å². The van der Waals surface area contributed by atoms with Gasteiger partial charge in [0.25, 0.3) is 5.56 Å². The largest absolute Gasteiger partial charge is 0.508 e. The molecule has 0 radical (unpaired) electrons. The van der Waals surface area contributed by atoms with Crippen LogP contribution in [0.2, 0.25) is 10.0 Å². The highest BCUT2D eigenvalue weighted by Gasteiger charge is 2.16. The number of aromatic hydroxyl groups is 1. The summed E-state index contributed by atoms with van der Waals surface area (Å²) in [6, 6.07) is 7.93. The number of nitrogens with zero attached hydrogens (tertiary/aromatic N) is 3. The van der Waals surface area contributed by atoms with E-state index >= 15 is 0 Å². The molecule has 3 aromatic rings. The summed E-state index contributed by atoms with van der Waals surface area (Å²) >= 11 is 12.8. The molecular formula is C22H22Cl2N4O4. The molecule has 0 atom stereocenters. The summed E-state index contributed by atoms with van der Waals surface area (Å²) in [7, 11) is 0. The van der Waals surface area contributed by atoms with Crippen LogP contribution < -0.4 is 16.0 Å². The number of rotatable bonds is 5. The van der Waals surface area contributed by atoms with E-state index in [1.54, 1.807) is 18.2 Å². The van der Waals surface area contributed by atoms with Crippen LogP contribution in [0, 0.1) is 0 Å². The Bertz CT molecular complexity index is 1210. The van der Waals surface area contributed by atoms with E-state index in [1.165, 1.54) is 25.0 Å². The first kappa shape index (κ1) is 22.4. The van der Waals surface area contributed by atoms with Crippen molar-refractivity contribution in [3.8, 4) is 22.9 Å². The highest BCUT2D eigenvalue weighted by atomic mass is 35.5. The van der Waals surface area contributed by atoms with Crippen molar-refractivity contribution in [3.05, 3.63) is 73.0 Å². The molecule has 168 valence electrons.